The van der Waals surface area contributed by atoms with E-state index in [9.17, 15) is 9.59 Å². The van der Waals surface area contributed by atoms with Gasteiger partial charge in [-0.15, -0.1) is 5.10 Å². The molecule has 0 unspecified atom stereocenters. The summed E-state index contributed by atoms with van der Waals surface area (Å²) in [5.74, 6) is -0.598. The SMILES string of the molecule is CC(=O)Nc1cccc2cc(C(=O)Nc3ccc(/C(C)=N/N=C(N)N)cc3)[nH]c12. The number of H-pyrrole nitrogens is 1. The number of hydrogen-bond donors (Lipinski definition) is 5. The van der Waals surface area contributed by atoms with Gasteiger partial charge in [-0.1, -0.05) is 24.3 Å². The number of para-hydroxylation sites is 1. The van der Waals surface area contributed by atoms with Crippen molar-refractivity contribution < 1.29 is 9.59 Å². The molecule has 0 spiro atoms. The van der Waals surface area contributed by atoms with Gasteiger partial charge in [0.2, 0.25) is 11.9 Å². The molecule has 3 aromatic rings. The van der Waals surface area contributed by atoms with Crippen LogP contribution in [-0.2, 0) is 4.79 Å². The number of amides is 2. The minimum Gasteiger partial charge on any atom is -0.369 e. The number of hydrogen-bond acceptors (Lipinski definition) is 4. The monoisotopic (exact) mass is 391 g/mol. The molecular formula is C20H21N7O2. The molecule has 7 N–H and O–H groups in total. The second kappa shape index (κ2) is 8.26. The molecular weight excluding hydrogens is 370 g/mol. The molecule has 1 heterocycles. The van der Waals surface area contributed by atoms with Gasteiger partial charge in [-0.2, -0.15) is 5.10 Å². The van der Waals surface area contributed by atoms with Crippen LogP contribution in [0.5, 0.6) is 0 Å². The smallest absolute Gasteiger partial charge is 0.272 e. The van der Waals surface area contributed by atoms with Crippen molar-refractivity contribution in [3.8, 4) is 0 Å². The van der Waals surface area contributed by atoms with Crippen molar-refractivity contribution in [3.63, 3.8) is 0 Å². The Bertz CT molecular complexity index is 1120. The summed E-state index contributed by atoms with van der Waals surface area (Å²) in [4.78, 5) is 27.0. The van der Waals surface area contributed by atoms with E-state index < -0.39 is 0 Å². The lowest BCUT2D eigenvalue weighted by atomic mass is 10.1. The normalized spacial score (nSPS) is 11.2. The number of nitrogens with zero attached hydrogens (tertiary/aromatic N) is 2. The van der Waals surface area contributed by atoms with Crippen molar-refractivity contribution in [1.29, 1.82) is 0 Å². The molecule has 0 aliphatic rings. The predicted octanol–water partition coefficient (Wildman–Crippen LogP) is 2.38. The maximum Gasteiger partial charge on any atom is 0.272 e. The number of nitrogens with two attached hydrogens (primary N) is 2. The third kappa shape index (κ3) is 4.78. The lowest BCUT2D eigenvalue weighted by Crippen LogP contribution is -2.22. The van der Waals surface area contributed by atoms with Gasteiger partial charge in [0, 0.05) is 18.0 Å². The van der Waals surface area contributed by atoms with Crippen molar-refractivity contribution in [2.45, 2.75) is 13.8 Å². The Morgan fingerprint density at radius 2 is 1.69 bits per heavy atom. The van der Waals surface area contributed by atoms with Crippen LogP contribution in [0, 0.1) is 0 Å². The van der Waals surface area contributed by atoms with E-state index >= 15 is 0 Å². The average Bonchev–Trinajstić information content (AvgIpc) is 3.12. The lowest BCUT2D eigenvalue weighted by Gasteiger charge is -2.05. The van der Waals surface area contributed by atoms with Crippen molar-refractivity contribution in [1.82, 2.24) is 4.98 Å². The second-order valence-corrected chi connectivity index (χ2v) is 6.38. The van der Waals surface area contributed by atoms with Crippen LogP contribution in [0.1, 0.15) is 29.9 Å². The molecule has 9 nitrogen and oxygen atoms in total. The van der Waals surface area contributed by atoms with Gasteiger partial charge in [-0.3, -0.25) is 9.59 Å². The fourth-order valence-corrected chi connectivity index (χ4v) is 2.76. The first-order chi connectivity index (χ1) is 13.8. The predicted molar refractivity (Wildman–Crippen MR) is 115 cm³/mol. The molecule has 0 saturated carbocycles. The zero-order chi connectivity index (χ0) is 21.0. The highest BCUT2D eigenvalue weighted by atomic mass is 16.2. The van der Waals surface area contributed by atoms with Crippen molar-refractivity contribution in [3.05, 3.63) is 59.8 Å². The van der Waals surface area contributed by atoms with Gasteiger partial charge >= 0.3 is 0 Å². The number of aromatic nitrogens is 1. The lowest BCUT2D eigenvalue weighted by molar-refractivity contribution is -0.114. The molecule has 29 heavy (non-hydrogen) atoms. The van der Waals surface area contributed by atoms with Crippen LogP contribution in [0.15, 0.2) is 58.7 Å². The quantitative estimate of drug-likeness (QED) is 0.258. The molecule has 0 saturated heterocycles. The van der Waals surface area contributed by atoms with Crippen LogP contribution >= 0.6 is 0 Å². The summed E-state index contributed by atoms with van der Waals surface area (Å²) in [6, 6.07) is 14.3. The molecule has 2 aromatic carbocycles. The number of guanidine groups is 1. The second-order valence-electron chi connectivity index (χ2n) is 6.38. The van der Waals surface area contributed by atoms with E-state index in [4.69, 9.17) is 11.5 Å². The fraction of sp³-hybridized carbons (Fsp3) is 0.100. The Morgan fingerprint density at radius 3 is 2.34 bits per heavy atom. The Kier molecular flexibility index (Phi) is 5.59. The van der Waals surface area contributed by atoms with E-state index in [-0.39, 0.29) is 17.8 Å². The molecule has 0 radical (unpaired) electrons. The largest absolute Gasteiger partial charge is 0.369 e. The molecule has 1 aromatic heterocycles. The molecule has 0 bridgehead atoms. The van der Waals surface area contributed by atoms with E-state index in [0.29, 0.717) is 28.3 Å². The minimum atomic E-state index is -0.298. The van der Waals surface area contributed by atoms with E-state index in [1.54, 1.807) is 43.3 Å². The zero-order valence-electron chi connectivity index (χ0n) is 16.0. The van der Waals surface area contributed by atoms with Crippen molar-refractivity contribution in [2.75, 3.05) is 10.6 Å². The zero-order valence-corrected chi connectivity index (χ0v) is 16.0. The standard InChI is InChI=1S/C20H21N7O2/c1-11(26-27-20(21)22)13-6-8-15(9-7-13)24-19(29)17-10-14-4-3-5-16(18(14)25-17)23-12(2)28/h3-10,25H,1-2H3,(H,23,28)(H,24,29)(H4,21,22,27)/b26-11+. The number of carbonyl (C=O) groups is 2. The van der Waals surface area contributed by atoms with Gasteiger partial charge in [0.15, 0.2) is 0 Å². The number of rotatable bonds is 5. The van der Waals surface area contributed by atoms with Crippen LogP contribution < -0.4 is 22.1 Å². The Balaban J connectivity index is 1.77. The highest BCUT2D eigenvalue weighted by Gasteiger charge is 2.12. The number of fused-ring (bicyclic) bond motifs is 1. The summed E-state index contributed by atoms with van der Waals surface area (Å²) in [6.07, 6.45) is 0. The van der Waals surface area contributed by atoms with Gasteiger partial charge in [0.25, 0.3) is 5.91 Å². The molecule has 148 valence electrons. The first-order valence-electron chi connectivity index (χ1n) is 8.78. The molecule has 3 rings (SSSR count). The maximum absolute atomic E-state index is 12.6. The Labute approximate surface area is 166 Å². The highest BCUT2D eigenvalue weighted by Crippen LogP contribution is 2.24. The summed E-state index contributed by atoms with van der Waals surface area (Å²) in [7, 11) is 0. The Hall–Kier alpha value is -4.14. The number of carbonyl (C=O) groups excluding carboxylic acids is 2. The molecule has 2 amide bonds. The first kappa shape index (κ1) is 19.6. The fourth-order valence-electron chi connectivity index (χ4n) is 2.76. The third-order valence-corrected chi connectivity index (χ3v) is 4.09. The topological polar surface area (TPSA) is 151 Å². The molecule has 0 aliphatic heterocycles. The molecule has 9 heteroatoms. The molecule has 0 fully saturated rings. The average molecular weight is 391 g/mol. The van der Waals surface area contributed by atoms with E-state index in [1.165, 1.54) is 6.92 Å². The summed E-state index contributed by atoms with van der Waals surface area (Å²) < 4.78 is 0. The van der Waals surface area contributed by atoms with Crippen LogP contribution in [0.25, 0.3) is 10.9 Å². The van der Waals surface area contributed by atoms with Crippen LogP contribution in [0.3, 0.4) is 0 Å². The number of aromatic amines is 1. The maximum atomic E-state index is 12.6. The third-order valence-electron chi connectivity index (χ3n) is 4.09. The van der Waals surface area contributed by atoms with Gasteiger partial charge in [0.1, 0.15) is 5.69 Å². The number of anilines is 2. The van der Waals surface area contributed by atoms with E-state index in [1.807, 2.05) is 12.1 Å². The summed E-state index contributed by atoms with van der Waals surface area (Å²) >= 11 is 0. The Morgan fingerprint density at radius 1 is 0.966 bits per heavy atom. The molecule has 0 aliphatic carbocycles. The summed E-state index contributed by atoms with van der Waals surface area (Å²) in [5.41, 5.74) is 14.3. The summed E-state index contributed by atoms with van der Waals surface area (Å²) in [5, 5.41) is 13.9. The van der Waals surface area contributed by atoms with Gasteiger partial charge in [-0.25, -0.2) is 0 Å². The highest BCUT2D eigenvalue weighted by molar-refractivity contribution is 6.08. The van der Waals surface area contributed by atoms with Gasteiger partial charge < -0.3 is 27.1 Å². The first-order valence-corrected chi connectivity index (χ1v) is 8.78. The van der Waals surface area contributed by atoms with E-state index in [0.717, 1.165) is 10.9 Å². The van der Waals surface area contributed by atoms with Crippen LogP contribution in [0.2, 0.25) is 0 Å². The van der Waals surface area contributed by atoms with Gasteiger partial charge in [0.05, 0.1) is 16.9 Å². The summed E-state index contributed by atoms with van der Waals surface area (Å²) in [6.45, 7) is 3.21. The number of benzene rings is 2. The van der Waals surface area contributed by atoms with Crippen LogP contribution in [0.4, 0.5) is 11.4 Å². The van der Waals surface area contributed by atoms with Crippen molar-refractivity contribution >= 4 is 45.8 Å². The molecule has 0 atom stereocenters. The van der Waals surface area contributed by atoms with Crippen molar-refractivity contribution in [2.24, 2.45) is 21.7 Å². The number of nitrogens with one attached hydrogen (secondary N) is 3. The van der Waals surface area contributed by atoms with Gasteiger partial charge in [-0.05, 0) is 36.8 Å². The van der Waals surface area contributed by atoms with E-state index in [2.05, 4.69) is 25.8 Å². The van der Waals surface area contributed by atoms with Crippen LogP contribution in [-0.4, -0.2) is 28.5 Å². The minimum absolute atomic E-state index is 0.117.